The van der Waals surface area contributed by atoms with Gasteiger partial charge < -0.3 is 10.1 Å². The first-order valence-corrected chi connectivity index (χ1v) is 9.42. The van der Waals surface area contributed by atoms with E-state index >= 15 is 0 Å². The molecule has 0 spiro atoms. The lowest BCUT2D eigenvalue weighted by atomic mass is 10.2. The van der Waals surface area contributed by atoms with Gasteiger partial charge in [0.05, 0.1) is 25.6 Å². The molecule has 0 aliphatic heterocycles. The number of nitrogens with zero attached hydrogens (tertiary/aromatic N) is 1. The maximum Gasteiger partial charge on any atom is 0.251 e. The number of hydrogen-bond donors (Lipinski definition) is 1. The van der Waals surface area contributed by atoms with E-state index in [9.17, 15) is 22.0 Å². The van der Waals surface area contributed by atoms with Crippen molar-refractivity contribution in [1.82, 2.24) is 5.32 Å². The van der Waals surface area contributed by atoms with E-state index in [1.807, 2.05) is 0 Å². The Morgan fingerprint density at radius 2 is 1.77 bits per heavy atom. The van der Waals surface area contributed by atoms with Gasteiger partial charge in [0.2, 0.25) is 10.0 Å². The third-order valence-electron chi connectivity index (χ3n) is 3.54. The molecule has 0 bridgehead atoms. The molecule has 9 heteroatoms. The topological polar surface area (TPSA) is 75.7 Å². The molecule has 2 aromatic carbocycles. The maximum atomic E-state index is 13.4. The molecule has 0 radical (unpaired) electrons. The number of ether oxygens (including phenoxy) is 1. The van der Waals surface area contributed by atoms with Crippen molar-refractivity contribution in [2.45, 2.75) is 0 Å². The van der Waals surface area contributed by atoms with Gasteiger partial charge >= 0.3 is 0 Å². The summed E-state index contributed by atoms with van der Waals surface area (Å²) in [5.74, 6) is -2.03. The number of nitrogens with one attached hydrogen (secondary N) is 1. The Balaban J connectivity index is 2.05. The highest BCUT2D eigenvalue weighted by Crippen LogP contribution is 2.20. The van der Waals surface area contributed by atoms with E-state index < -0.39 is 27.6 Å². The number of carbonyl (C=O) groups is 1. The van der Waals surface area contributed by atoms with E-state index in [1.54, 1.807) is 24.3 Å². The molecular formula is C17H18F2N2O4S. The number of halogens is 2. The van der Waals surface area contributed by atoms with Crippen LogP contribution in [0.3, 0.4) is 0 Å². The lowest BCUT2D eigenvalue weighted by Crippen LogP contribution is -2.38. The van der Waals surface area contributed by atoms with Crippen LogP contribution < -0.4 is 14.4 Å². The molecule has 2 rings (SSSR count). The summed E-state index contributed by atoms with van der Waals surface area (Å²) in [5.41, 5.74) is 0.356. The fraction of sp³-hybridized carbons (Fsp3) is 0.235. The smallest absolute Gasteiger partial charge is 0.251 e. The monoisotopic (exact) mass is 384 g/mol. The Hall–Kier alpha value is -2.68. The molecule has 0 heterocycles. The summed E-state index contributed by atoms with van der Waals surface area (Å²) in [6, 6.07) is 9.18. The van der Waals surface area contributed by atoms with Crippen LogP contribution in [0.2, 0.25) is 0 Å². The van der Waals surface area contributed by atoms with Crippen LogP contribution in [0.25, 0.3) is 0 Å². The zero-order valence-electron chi connectivity index (χ0n) is 14.2. The number of benzene rings is 2. The predicted molar refractivity (Wildman–Crippen MR) is 93.9 cm³/mol. The summed E-state index contributed by atoms with van der Waals surface area (Å²) in [7, 11) is -2.24. The first kappa shape index (κ1) is 19.6. The Labute approximate surface area is 150 Å². The zero-order chi connectivity index (χ0) is 19.3. The highest BCUT2D eigenvalue weighted by molar-refractivity contribution is 7.92. The number of hydrogen-bond acceptors (Lipinski definition) is 4. The molecule has 0 aliphatic rings. The normalized spacial score (nSPS) is 11.1. The van der Waals surface area contributed by atoms with Gasteiger partial charge in [-0.15, -0.1) is 0 Å². The molecule has 140 valence electrons. The maximum absolute atomic E-state index is 13.4. The standard InChI is InChI=1S/C17H18F2N2O4S/c1-25-14-6-3-12(4-7-14)17(22)20-9-10-21(26(2,23)24)13-5-8-15(18)16(19)11-13/h3-8,11H,9-10H2,1-2H3,(H,20,22). The van der Waals surface area contributed by atoms with Gasteiger partial charge in [-0.2, -0.15) is 0 Å². The van der Waals surface area contributed by atoms with Crippen molar-refractivity contribution in [3.05, 3.63) is 59.7 Å². The molecule has 0 saturated carbocycles. The number of carbonyl (C=O) groups excluding carboxylic acids is 1. The number of amides is 1. The highest BCUT2D eigenvalue weighted by Gasteiger charge is 2.19. The van der Waals surface area contributed by atoms with Crippen molar-refractivity contribution in [1.29, 1.82) is 0 Å². The van der Waals surface area contributed by atoms with Crippen molar-refractivity contribution < 1.29 is 26.7 Å². The van der Waals surface area contributed by atoms with Crippen LogP contribution in [-0.4, -0.2) is 40.8 Å². The van der Waals surface area contributed by atoms with Crippen LogP contribution in [0.15, 0.2) is 42.5 Å². The molecule has 0 unspecified atom stereocenters. The van der Waals surface area contributed by atoms with Crippen molar-refractivity contribution in [2.24, 2.45) is 0 Å². The Morgan fingerprint density at radius 3 is 2.31 bits per heavy atom. The largest absolute Gasteiger partial charge is 0.497 e. The molecule has 0 aromatic heterocycles. The number of anilines is 1. The minimum absolute atomic E-state index is 0.0169. The summed E-state index contributed by atoms with van der Waals surface area (Å²) >= 11 is 0. The van der Waals surface area contributed by atoms with Gasteiger partial charge in [-0.05, 0) is 36.4 Å². The molecule has 26 heavy (non-hydrogen) atoms. The van der Waals surface area contributed by atoms with Gasteiger partial charge in [0.1, 0.15) is 5.75 Å². The lowest BCUT2D eigenvalue weighted by molar-refractivity contribution is 0.0955. The minimum Gasteiger partial charge on any atom is -0.497 e. The Kier molecular flexibility index (Phi) is 6.14. The molecule has 2 aromatic rings. The van der Waals surface area contributed by atoms with Crippen LogP contribution in [0.5, 0.6) is 5.75 Å². The van der Waals surface area contributed by atoms with Gasteiger partial charge in [-0.1, -0.05) is 0 Å². The van der Waals surface area contributed by atoms with E-state index in [-0.39, 0.29) is 18.8 Å². The van der Waals surface area contributed by atoms with Crippen LogP contribution in [0, 0.1) is 11.6 Å². The summed E-state index contributed by atoms with van der Waals surface area (Å²) in [5, 5.41) is 2.58. The molecule has 0 atom stereocenters. The fourth-order valence-electron chi connectivity index (χ4n) is 2.24. The molecule has 1 N–H and O–H groups in total. The van der Waals surface area contributed by atoms with Gasteiger partial charge in [0.25, 0.3) is 5.91 Å². The first-order valence-electron chi connectivity index (χ1n) is 7.57. The Morgan fingerprint density at radius 1 is 1.12 bits per heavy atom. The van der Waals surface area contributed by atoms with Crippen molar-refractivity contribution >= 4 is 21.6 Å². The van der Waals surface area contributed by atoms with Gasteiger partial charge in [-0.3, -0.25) is 9.10 Å². The van der Waals surface area contributed by atoms with Crippen LogP contribution in [0.4, 0.5) is 14.5 Å². The number of methoxy groups -OCH3 is 1. The summed E-state index contributed by atoms with van der Waals surface area (Å²) < 4.78 is 56.2. The van der Waals surface area contributed by atoms with E-state index in [0.29, 0.717) is 11.3 Å². The second-order valence-electron chi connectivity index (χ2n) is 5.42. The third-order valence-corrected chi connectivity index (χ3v) is 4.74. The lowest BCUT2D eigenvalue weighted by Gasteiger charge is -2.22. The van der Waals surface area contributed by atoms with E-state index in [0.717, 1.165) is 28.8 Å². The minimum atomic E-state index is -3.74. The molecule has 1 amide bonds. The number of rotatable bonds is 7. The quantitative estimate of drug-likeness (QED) is 0.794. The van der Waals surface area contributed by atoms with Crippen molar-refractivity contribution in [2.75, 3.05) is 30.8 Å². The molecule has 6 nitrogen and oxygen atoms in total. The fourth-order valence-corrected chi connectivity index (χ4v) is 3.16. The Bertz CT molecular complexity index is 886. The zero-order valence-corrected chi connectivity index (χ0v) is 15.0. The molecular weight excluding hydrogens is 366 g/mol. The summed E-state index contributed by atoms with van der Waals surface area (Å²) in [4.78, 5) is 12.1. The van der Waals surface area contributed by atoms with E-state index in [4.69, 9.17) is 4.74 Å². The summed E-state index contributed by atoms with van der Waals surface area (Å²) in [6.45, 7) is -0.150. The second-order valence-corrected chi connectivity index (χ2v) is 7.32. The third kappa shape index (κ3) is 4.92. The second kappa shape index (κ2) is 8.13. The van der Waals surface area contributed by atoms with Gasteiger partial charge in [0.15, 0.2) is 11.6 Å². The van der Waals surface area contributed by atoms with Crippen molar-refractivity contribution in [3.63, 3.8) is 0 Å². The van der Waals surface area contributed by atoms with E-state index in [2.05, 4.69) is 5.32 Å². The average molecular weight is 384 g/mol. The van der Waals surface area contributed by atoms with Crippen LogP contribution in [-0.2, 0) is 10.0 Å². The summed E-state index contributed by atoms with van der Waals surface area (Å²) in [6.07, 6.45) is 0.944. The highest BCUT2D eigenvalue weighted by atomic mass is 32.2. The van der Waals surface area contributed by atoms with Crippen LogP contribution >= 0.6 is 0 Å². The molecule has 0 aliphatic carbocycles. The predicted octanol–water partition coefficient (Wildman–Crippen LogP) is 2.17. The SMILES string of the molecule is COc1ccc(C(=O)NCCN(c2ccc(F)c(F)c2)S(C)(=O)=O)cc1. The van der Waals surface area contributed by atoms with Crippen molar-refractivity contribution in [3.8, 4) is 5.75 Å². The molecule has 0 fully saturated rings. The number of sulfonamides is 1. The molecule has 0 saturated heterocycles. The first-order chi connectivity index (χ1) is 12.2. The van der Waals surface area contributed by atoms with Crippen LogP contribution in [0.1, 0.15) is 10.4 Å². The van der Waals surface area contributed by atoms with E-state index in [1.165, 1.54) is 7.11 Å². The average Bonchev–Trinajstić information content (AvgIpc) is 2.60. The van der Waals surface area contributed by atoms with Gasteiger partial charge in [-0.25, -0.2) is 17.2 Å². The van der Waals surface area contributed by atoms with Gasteiger partial charge in [0, 0.05) is 18.2 Å².